The molecule has 0 aliphatic carbocycles. The normalized spacial score (nSPS) is 40.6. The maximum absolute atomic E-state index is 14.6. The van der Waals surface area contributed by atoms with E-state index in [1.54, 1.807) is 24.1 Å². The van der Waals surface area contributed by atoms with Gasteiger partial charge in [-0.3, -0.25) is 9.98 Å². The molecule has 3 heterocycles. The Bertz CT molecular complexity index is 539. The maximum Gasteiger partial charge on any atom is 0.173 e. The monoisotopic (exact) mass is 326 g/mol. The van der Waals surface area contributed by atoms with Crippen LogP contribution >= 0.6 is 0 Å². The fraction of sp³-hybridized carbons (Fsp3) is 0.733. The Kier molecular flexibility index (Phi) is 4.39. The van der Waals surface area contributed by atoms with Crippen molar-refractivity contribution in [3.63, 3.8) is 0 Å². The van der Waals surface area contributed by atoms with E-state index < -0.39 is 36.9 Å². The van der Waals surface area contributed by atoms with Crippen molar-refractivity contribution in [2.75, 3.05) is 0 Å². The van der Waals surface area contributed by atoms with Gasteiger partial charge in [0.25, 0.3) is 0 Å². The molecule has 0 radical (unpaired) electrons. The van der Waals surface area contributed by atoms with Gasteiger partial charge in [0.15, 0.2) is 18.6 Å². The number of nitrogens with zero attached hydrogens (tertiary/aromatic N) is 3. The summed E-state index contributed by atoms with van der Waals surface area (Å²) in [5.74, 6) is 0. The molecule has 3 unspecified atom stereocenters. The molecule has 3 N–H and O–H groups in total. The van der Waals surface area contributed by atoms with Crippen LogP contribution in [0.3, 0.4) is 0 Å². The molecule has 1 saturated heterocycles. The first-order valence-electron chi connectivity index (χ1n) is 7.82. The number of hydrogen-bond acceptors (Lipinski definition) is 7. The highest BCUT2D eigenvalue weighted by molar-refractivity contribution is 5.76. The molecule has 23 heavy (non-hydrogen) atoms. The van der Waals surface area contributed by atoms with Crippen LogP contribution in [0.25, 0.3) is 0 Å². The summed E-state index contributed by atoms with van der Waals surface area (Å²) in [5.41, 5.74) is 6.47. The highest BCUT2D eigenvalue weighted by Crippen LogP contribution is 2.34. The van der Waals surface area contributed by atoms with E-state index in [2.05, 4.69) is 9.98 Å². The van der Waals surface area contributed by atoms with Crippen LogP contribution in [0, 0.1) is 0 Å². The van der Waals surface area contributed by atoms with Crippen LogP contribution in [0.4, 0.5) is 4.39 Å². The van der Waals surface area contributed by atoms with Crippen LogP contribution < -0.4 is 5.73 Å². The van der Waals surface area contributed by atoms with Crippen LogP contribution in [0.5, 0.6) is 0 Å². The van der Waals surface area contributed by atoms with Gasteiger partial charge in [-0.05, 0) is 26.8 Å². The van der Waals surface area contributed by atoms with Gasteiger partial charge in [-0.15, -0.1) is 0 Å². The fourth-order valence-corrected chi connectivity index (χ4v) is 3.20. The number of ether oxygens (including phenoxy) is 2. The lowest BCUT2D eigenvalue weighted by molar-refractivity contribution is -0.123. The first kappa shape index (κ1) is 16.4. The number of allylic oxidation sites excluding steroid dienone is 1. The van der Waals surface area contributed by atoms with Crippen molar-refractivity contribution >= 4 is 12.6 Å². The zero-order chi connectivity index (χ0) is 16.7. The first-order chi connectivity index (χ1) is 10.9. The second-order valence-corrected chi connectivity index (χ2v) is 6.35. The van der Waals surface area contributed by atoms with Crippen molar-refractivity contribution in [1.29, 1.82) is 0 Å². The van der Waals surface area contributed by atoms with E-state index in [1.807, 2.05) is 13.8 Å². The van der Waals surface area contributed by atoms with Gasteiger partial charge < -0.3 is 25.2 Å². The first-order valence-corrected chi connectivity index (χ1v) is 7.82. The minimum atomic E-state index is -1.58. The van der Waals surface area contributed by atoms with Crippen LogP contribution in [-0.2, 0) is 9.47 Å². The van der Waals surface area contributed by atoms with Crippen molar-refractivity contribution in [2.45, 2.75) is 69.8 Å². The summed E-state index contributed by atoms with van der Waals surface area (Å²) < 4.78 is 26.0. The molecule has 0 amide bonds. The molecule has 1 fully saturated rings. The average Bonchev–Trinajstić information content (AvgIpc) is 3.02. The van der Waals surface area contributed by atoms with Crippen molar-refractivity contribution in [3.05, 3.63) is 11.8 Å². The van der Waals surface area contributed by atoms with E-state index in [9.17, 15) is 9.50 Å². The van der Waals surface area contributed by atoms with E-state index in [0.29, 0.717) is 5.70 Å². The molecule has 0 spiro atoms. The summed E-state index contributed by atoms with van der Waals surface area (Å²) in [7, 11) is 0. The van der Waals surface area contributed by atoms with Gasteiger partial charge >= 0.3 is 0 Å². The van der Waals surface area contributed by atoms with Gasteiger partial charge in [-0.25, -0.2) is 4.39 Å². The van der Waals surface area contributed by atoms with Gasteiger partial charge in [0.2, 0.25) is 0 Å². The fourth-order valence-electron chi connectivity index (χ4n) is 3.20. The summed E-state index contributed by atoms with van der Waals surface area (Å²) in [6.07, 6.45) is -0.687. The van der Waals surface area contributed by atoms with Gasteiger partial charge in [-0.2, -0.15) is 0 Å². The predicted octanol–water partition coefficient (Wildman–Crippen LogP) is 0.189. The van der Waals surface area contributed by atoms with E-state index in [0.717, 1.165) is 0 Å². The summed E-state index contributed by atoms with van der Waals surface area (Å²) in [6.45, 7) is 5.53. The van der Waals surface area contributed by atoms with Crippen molar-refractivity contribution in [2.24, 2.45) is 15.7 Å². The molecule has 0 aromatic carbocycles. The standard InChI is InChI=1S/C15H23FN4O3/c1-7(2)22-8(3)13-12(21)10(16)15(23-13)20-6-19-11-9(17)4-5-18-14(11)20/h4-8,10-15,21H,17H2,1-3H3/t8?,10-,11?,12+,13-,14?,15-/m1/s1. The number of halogens is 1. The molecular weight excluding hydrogens is 303 g/mol. The van der Waals surface area contributed by atoms with E-state index >= 15 is 0 Å². The smallest absolute Gasteiger partial charge is 0.173 e. The van der Waals surface area contributed by atoms with E-state index in [4.69, 9.17) is 15.2 Å². The Morgan fingerprint density at radius 3 is 2.83 bits per heavy atom. The summed E-state index contributed by atoms with van der Waals surface area (Å²) in [5, 5.41) is 10.2. The topological polar surface area (TPSA) is 92.7 Å². The number of alkyl halides is 1. The Hall–Kier alpha value is -1.51. The lowest BCUT2D eigenvalue weighted by Crippen LogP contribution is -2.48. The lowest BCUT2D eigenvalue weighted by atomic mass is 10.1. The number of aliphatic hydroxyl groups is 1. The second kappa shape index (κ2) is 6.18. The zero-order valence-electron chi connectivity index (χ0n) is 13.4. The molecule has 3 aliphatic rings. The van der Waals surface area contributed by atoms with Crippen molar-refractivity contribution < 1.29 is 19.0 Å². The number of aliphatic imine (C=N–C) groups is 2. The van der Waals surface area contributed by atoms with Crippen LogP contribution in [0.15, 0.2) is 21.8 Å². The molecule has 7 atom stereocenters. The number of nitrogens with two attached hydrogens (primary N) is 1. The average molecular weight is 326 g/mol. The molecule has 3 rings (SSSR count). The number of hydrogen-bond donors (Lipinski definition) is 2. The van der Waals surface area contributed by atoms with Crippen molar-refractivity contribution in [3.8, 4) is 0 Å². The summed E-state index contributed by atoms with van der Waals surface area (Å²) in [4.78, 5) is 10.2. The number of rotatable bonds is 4. The SMILES string of the molecule is CC(C)OC(C)[C@H]1O[C@@H](N2C=NC3C(N)=CC=NC32)[C@H](F)[C@@H]1O. The largest absolute Gasteiger partial charge is 0.400 e. The Balaban J connectivity index is 1.73. The number of aliphatic hydroxyl groups excluding tert-OH is 1. The molecule has 0 aromatic heterocycles. The minimum absolute atomic E-state index is 0.0384. The molecule has 128 valence electrons. The highest BCUT2D eigenvalue weighted by atomic mass is 19.1. The van der Waals surface area contributed by atoms with Gasteiger partial charge in [0.1, 0.15) is 18.2 Å². The van der Waals surface area contributed by atoms with E-state index in [1.165, 1.54) is 6.34 Å². The third kappa shape index (κ3) is 2.86. The van der Waals surface area contributed by atoms with Gasteiger partial charge in [0, 0.05) is 11.9 Å². The summed E-state index contributed by atoms with van der Waals surface area (Å²) in [6, 6.07) is -0.337. The molecule has 8 heteroatoms. The molecule has 0 bridgehead atoms. The van der Waals surface area contributed by atoms with Crippen molar-refractivity contribution in [1.82, 2.24) is 4.90 Å². The highest BCUT2D eigenvalue weighted by Gasteiger charge is 2.52. The number of fused-ring (bicyclic) bond motifs is 1. The quantitative estimate of drug-likeness (QED) is 0.769. The van der Waals surface area contributed by atoms with Crippen LogP contribution in [-0.4, -0.2) is 71.6 Å². The second-order valence-electron chi connectivity index (χ2n) is 6.35. The van der Waals surface area contributed by atoms with Crippen LogP contribution in [0.2, 0.25) is 0 Å². The third-order valence-corrected chi connectivity index (χ3v) is 4.27. The minimum Gasteiger partial charge on any atom is -0.400 e. The maximum atomic E-state index is 14.6. The Labute approximate surface area is 134 Å². The van der Waals surface area contributed by atoms with Gasteiger partial charge in [-0.1, -0.05) is 0 Å². The lowest BCUT2D eigenvalue weighted by Gasteiger charge is -2.32. The third-order valence-electron chi connectivity index (χ3n) is 4.27. The number of dihydropyridines is 1. The summed E-state index contributed by atoms with van der Waals surface area (Å²) >= 11 is 0. The molecule has 0 aromatic rings. The van der Waals surface area contributed by atoms with E-state index in [-0.39, 0.29) is 12.1 Å². The molecular formula is C15H23FN4O3. The Morgan fingerprint density at radius 1 is 1.39 bits per heavy atom. The molecule has 3 aliphatic heterocycles. The zero-order valence-corrected chi connectivity index (χ0v) is 13.4. The van der Waals surface area contributed by atoms with Gasteiger partial charge in [0.05, 0.1) is 18.5 Å². The van der Waals surface area contributed by atoms with Crippen LogP contribution in [0.1, 0.15) is 20.8 Å². The molecule has 7 nitrogen and oxygen atoms in total. The molecule has 0 saturated carbocycles. The Morgan fingerprint density at radius 2 is 2.13 bits per heavy atom. The predicted molar refractivity (Wildman–Crippen MR) is 83.9 cm³/mol.